The predicted octanol–water partition coefficient (Wildman–Crippen LogP) is 2.14. The van der Waals surface area contributed by atoms with Gasteiger partial charge in [-0.2, -0.15) is 0 Å². The molecule has 20 heavy (non-hydrogen) atoms. The van der Waals surface area contributed by atoms with E-state index < -0.39 is 5.79 Å². The average molecular weight is 281 g/mol. The number of halogens is 1. The molecule has 2 fully saturated rings. The van der Waals surface area contributed by atoms with Gasteiger partial charge in [-0.3, -0.25) is 0 Å². The van der Waals surface area contributed by atoms with Crippen molar-refractivity contribution in [3.8, 4) is 5.75 Å². The molecule has 1 saturated carbocycles. The zero-order valence-electron chi connectivity index (χ0n) is 11.6. The Morgan fingerprint density at radius 2 is 2.10 bits per heavy atom. The van der Waals surface area contributed by atoms with Gasteiger partial charge in [0.15, 0.2) is 5.79 Å². The molecule has 1 aliphatic carbocycles. The summed E-state index contributed by atoms with van der Waals surface area (Å²) in [5.74, 6) is -0.127. The van der Waals surface area contributed by atoms with E-state index in [0.717, 1.165) is 18.4 Å². The third kappa shape index (κ3) is 2.66. The Labute approximate surface area is 118 Å². The molecule has 2 N–H and O–H groups in total. The van der Waals surface area contributed by atoms with Crippen LogP contribution in [0.2, 0.25) is 0 Å². The fourth-order valence-electron chi connectivity index (χ4n) is 2.93. The highest BCUT2D eigenvalue weighted by Gasteiger charge is 2.45. The van der Waals surface area contributed by atoms with Crippen LogP contribution < -0.4 is 10.5 Å². The zero-order valence-corrected chi connectivity index (χ0v) is 11.6. The van der Waals surface area contributed by atoms with E-state index in [9.17, 15) is 4.39 Å². The molecule has 4 nitrogen and oxygen atoms in total. The number of rotatable bonds is 2. The van der Waals surface area contributed by atoms with Crippen LogP contribution in [0.3, 0.4) is 0 Å². The largest absolute Gasteiger partial charge is 0.488 e. The third-order valence-corrected chi connectivity index (χ3v) is 4.08. The average Bonchev–Trinajstić information content (AvgIpc) is 2.86. The molecule has 0 bridgehead atoms. The highest BCUT2D eigenvalue weighted by atomic mass is 19.1. The van der Waals surface area contributed by atoms with Crippen LogP contribution in [-0.2, 0) is 9.47 Å². The van der Waals surface area contributed by atoms with Crippen LogP contribution in [0, 0.1) is 12.7 Å². The second-order valence-corrected chi connectivity index (χ2v) is 5.58. The molecule has 1 aromatic rings. The fraction of sp³-hybridized carbons (Fsp3) is 0.600. The van der Waals surface area contributed by atoms with Gasteiger partial charge < -0.3 is 19.9 Å². The van der Waals surface area contributed by atoms with Crippen LogP contribution in [0.15, 0.2) is 18.2 Å². The van der Waals surface area contributed by atoms with Crippen molar-refractivity contribution in [1.29, 1.82) is 0 Å². The molecule has 110 valence electrons. The van der Waals surface area contributed by atoms with Gasteiger partial charge in [-0.25, -0.2) is 4.39 Å². The van der Waals surface area contributed by atoms with E-state index in [2.05, 4.69) is 0 Å². The smallest absolute Gasteiger partial charge is 0.172 e. The highest BCUT2D eigenvalue weighted by molar-refractivity contribution is 5.33. The van der Waals surface area contributed by atoms with Crippen LogP contribution in [0.4, 0.5) is 4.39 Å². The summed E-state index contributed by atoms with van der Waals surface area (Å²) in [5, 5.41) is 0. The molecule has 5 heteroatoms. The van der Waals surface area contributed by atoms with Gasteiger partial charge in [-0.1, -0.05) is 0 Å². The van der Waals surface area contributed by atoms with Crippen LogP contribution >= 0.6 is 0 Å². The topological polar surface area (TPSA) is 53.7 Å². The number of hydrogen-bond donors (Lipinski definition) is 1. The molecular formula is C15H20FNO3. The van der Waals surface area contributed by atoms with Crippen LogP contribution in [0.1, 0.15) is 24.8 Å². The summed E-state index contributed by atoms with van der Waals surface area (Å²) < 4.78 is 30.6. The van der Waals surface area contributed by atoms with Crippen molar-refractivity contribution < 1.29 is 18.6 Å². The minimum absolute atomic E-state index is 0.0575. The van der Waals surface area contributed by atoms with E-state index in [1.54, 1.807) is 6.07 Å². The first-order valence-corrected chi connectivity index (χ1v) is 7.04. The van der Waals surface area contributed by atoms with Gasteiger partial charge in [0, 0.05) is 18.9 Å². The quantitative estimate of drug-likeness (QED) is 0.902. The number of hydrogen-bond acceptors (Lipinski definition) is 4. The van der Waals surface area contributed by atoms with E-state index in [1.807, 2.05) is 6.92 Å². The van der Waals surface area contributed by atoms with E-state index in [-0.39, 0.29) is 18.0 Å². The van der Waals surface area contributed by atoms with Crippen molar-refractivity contribution in [2.24, 2.45) is 5.73 Å². The number of nitrogens with two attached hydrogens (primary N) is 1. The van der Waals surface area contributed by atoms with Crippen molar-refractivity contribution in [2.45, 2.75) is 44.1 Å². The molecule has 1 saturated heterocycles. The van der Waals surface area contributed by atoms with Gasteiger partial charge in [0.05, 0.1) is 13.2 Å². The summed E-state index contributed by atoms with van der Waals surface area (Å²) in [4.78, 5) is 0. The Hall–Kier alpha value is -1.17. The Balaban J connectivity index is 1.74. The van der Waals surface area contributed by atoms with Gasteiger partial charge in [-0.05, 0) is 37.1 Å². The van der Waals surface area contributed by atoms with Gasteiger partial charge in [-0.15, -0.1) is 0 Å². The molecule has 1 aliphatic heterocycles. The molecule has 2 atom stereocenters. The summed E-state index contributed by atoms with van der Waals surface area (Å²) in [5.41, 5.74) is 6.92. The van der Waals surface area contributed by atoms with Crippen molar-refractivity contribution in [3.05, 3.63) is 29.6 Å². The Kier molecular flexibility index (Phi) is 3.67. The standard InChI is InChI=1S/C15H20FNO3/c1-10-8-11(16)2-3-13(10)20-14-9-15(5-4-12(14)17)18-6-7-19-15/h2-3,8,12,14H,4-7,9,17H2,1H3. The second kappa shape index (κ2) is 5.31. The molecule has 3 rings (SSSR count). The monoisotopic (exact) mass is 281 g/mol. The molecule has 0 amide bonds. The summed E-state index contributed by atoms with van der Waals surface area (Å²) in [6.45, 7) is 3.07. The van der Waals surface area contributed by atoms with E-state index in [0.29, 0.717) is 25.4 Å². The third-order valence-electron chi connectivity index (χ3n) is 4.08. The fourth-order valence-corrected chi connectivity index (χ4v) is 2.93. The molecule has 1 aromatic carbocycles. The van der Waals surface area contributed by atoms with Gasteiger partial charge in [0.2, 0.25) is 0 Å². The van der Waals surface area contributed by atoms with E-state index in [4.69, 9.17) is 19.9 Å². The van der Waals surface area contributed by atoms with Gasteiger partial charge in [0.1, 0.15) is 17.7 Å². The lowest BCUT2D eigenvalue weighted by Gasteiger charge is -2.39. The first-order valence-electron chi connectivity index (χ1n) is 7.04. The molecule has 0 radical (unpaired) electrons. The summed E-state index contributed by atoms with van der Waals surface area (Å²) in [7, 11) is 0. The number of benzene rings is 1. The van der Waals surface area contributed by atoms with Crippen molar-refractivity contribution >= 4 is 0 Å². The maximum Gasteiger partial charge on any atom is 0.172 e. The zero-order chi connectivity index (χ0) is 14.2. The maximum absolute atomic E-state index is 13.1. The van der Waals surface area contributed by atoms with Crippen LogP contribution in [-0.4, -0.2) is 31.1 Å². The van der Waals surface area contributed by atoms with Crippen molar-refractivity contribution in [2.75, 3.05) is 13.2 Å². The second-order valence-electron chi connectivity index (χ2n) is 5.58. The van der Waals surface area contributed by atoms with Crippen LogP contribution in [0.5, 0.6) is 5.75 Å². The summed E-state index contributed by atoms with van der Waals surface area (Å²) >= 11 is 0. The molecule has 1 heterocycles. The lowest BCUT2D eigenvalue weighted by atomic mass is 9.88. The Morgan fingerprint density at radius 3 is 2.80 bits per heavy atom. The minimum Gasteiger partial charge on any atom is -0.488 e. The summed E-state index contributed by atoms with van der Waals surface area (Å²) in [6, 6.07) is 4.45. The Bertz CT molecular complexity index is 488. The lowest BCUT2D eigenvalue weighted by molar-refractivity contribution is -0.195. The minimum atomic E-state index is -0.533. The first-order chi connectivity index (χ1) is 9.58. The highest BCUT2D eigenvalue weighted by Crippen LogP contribution is 2.37. The van der Waals surface area contributed by atoms with Crippen molar-refractivity contribution in [3.63, 3.8) is 0 Å². The van der Waals surface area contributed by atoms with Gasteiger partial charge in [0.25, 0.3) is 0 Å². The first kappa shape index (κ1) is 13.8. The number of ether oxygens (including phenoxy) is 3. The SMILES string of the molecule is Cc1cc(F)ccc1OC1CC2(CCC1N)OCCO2. The van der Waals surface area contributed by atoms with Crippen molar-refractivity contribution in [1.82, 2.24) is 0 Å². The van der Waals surface area contributed by atoms with Gasteiger partial charge >= 0.3 is 0 Å². The number of aryl methyl sites for hydroxylation is 1. The maximum atomic E-state index is 13.1. The molecule has 2 aliphatic rings. The van der Waals surface area contributed by atoms with E-state index >= 15 is 0 Å². The Morgan fingerprint density at radius 1 is 1.35 bits per heavy atom. The van der Waals surface area contributed by atoms with E-state index in [1.165, 1.54) is 12.1 Å². The lowest BCUT2D eigenvalue weighted by Crippen LogP contribution is -2.51. The predicted molar refractivity (Wildman–Crippen MR) is 72.0 cm³/mol. The molecular weight excluding hydrogens is 261 g/mol. The van der Waals surface area contributed by atoms with Crippen LogP contribution in [0.25, 0.3) is 0 Å². The summed E-state index contributed by atoms with van der Waals surface area (Å²) in [6.07, 6.45) is 2.04. The molecule has 1 spiro atoms. The normalized spacial score (nSPS) is 28.8. The molecule has 0 aromatic heterocycles. The molecule has 2 unspecified atom stereocenters.